The maximum Gasteiger partial charge on any atom is 0.133 e. The summed E-state index contributed by atoms with van der Waals surface area (Å²) in [7, 11) is 0. The van der Waals surface area contributed by atoms with E-state index < -0.39 is 0 Å². The fourth-order valence-electron chi connectivity index (χ4n) is 2.04. The number of para-hydroxylation sites is 1. The summed E-state index contributed by atoms with van der Waals surface area (Å²) in [6, 6.07) is 14.4. The zero-order valence-electron chi connectivity index (χ0n) is 11.4. The molecule has 2 N–H and O–H groups in total. The first-order chi connectivity index (χ1) is 9.35. The molecule has 0 aliphatic carbocycles. The van der Waals surface area contributed by atoms with Crippen LogP contribution in [-0.4, -0.2) is 11.5 Å². The maximum absolute atomic E-state index is 5.71. The number of hydrogen-bond donors (Lipinski definition) is 1. The van der Waals surface area contributed by atoms with Gasteiger partial charge in [-0.1, -0.05) is 31.5 Å². The van der Waals surface area contributed by atoms with Crippen molar-refractivity contribution < 1.29 is 0 Å². The summed E-state index contributed by atoms with van der Waals surface area (Å²) in [4.78, 5) is 6.74. The van der Waals surface area contributed by atoms with Gasteiger partial charge in [0, 0.05) is 25.0 Å². The fourth-order valence-corrected chi connectivity index (χ4v) is 2.04. The van der Waals surface area contributed by atoms with E-state index in [1.807, 2.05) is 18.3 Å². The van der Waals surface area contributed by atoms with Gasteiger partial charge in [0.25, 0.3) is 0 Å². The molecule has 1 aromatic carbocycles. The highest BCUT2D eigenvalue weighted by atomic mass is 15.2. The van der Waals surface area contributed by atoms with Crippen LogP contribution in [0.5, 0.6) is 0 Å². The second kappa shape index (κ2) is 6.90. The highest BCUT2D eigenvalue weighted by Gasteiger charge is 2.10. The lowest BCUT2D eigenvalue weighted by molar-refractivity contribution is 0.779. The van der Waals surface area contributed by atoms with E-state index in [1.54, 1.807) is 0 Å². The number of rotatable bonds is 6. The Balaban J connectivity index is 2.31. The van der Waals surface area contributed by atoms with Crippen molar-refractivity contribution in [2.24, 2.45) is 5.73 Å². The first kappa shape index (κ1) is 13.6. The summed E-state index contributed by atoms with van der Waals surface area (Å²) >= 11 is 0. The van der Waals surface area contributed by atoms with Crippen LogP contribution in [0.4, 0.5) is 11.5 Å². The second-order valence-electron chi connectivity index (χ2n) is 4.57. The number of benzene rings is 1. The van der Waals surface area contributed by atoms with Gasteiger partial charge in [-0.3, -0.25) is 0 Å². The molecule has 0 aliphatic heterocycles. The minimum atomic E-state index is 0.548. The van der Waals surface area contributed by atoms with Crippen LogP contribution in [0.2, 0.25) is 0 Å². The molecular weight excluding hydrogens is 234 g/mol. The molecule has 0 saturated heterocycles. The van der Waals surface area contributed by atoms with Crippen LogP contribution < -0.4 is 10.6 Å². The monoisotopic (exact) mass is 255 g/mol. The van der Waals surface area contributed by atoms with Crippen molar-refractivity contribution in [1.82, 2.24) is 4.98 Å². The Kier molecular flexibility index (Phi) is 4.93. The summed E-state index contributed by atoms with van der Waals surface area (Å²) in [5.41, 5.74) is 8.00. The first-order valence-electron chi connectivity index (χ1n) is 6.82. The summed E-state index contributed by atoms with van der Waals surface area (Å²) < 4.78 is 0. The van der Waals surface area contributed by atoms with Gasteiger partial charge >= 0.3 is 0 Å². The number of pyridine rings is 1. The van der Waals surface area contributed by atoms with E-state index >= 15 is 0 Å². The Labute approximate surface area is 115 Å². The Bertz CT molecular complexity index is 496. The fraction of sp³-hybridized carbons (Fsp3) is 0.312. The molecule has 3 heteroatoms. The van der Waals surface area contributed by atoms with Gasteiger partial charge in [-0.05, 0) is 36.2 Å². The van der Waals surface area contributed by atoms with Crippen LogP contribution in [0.25, 0.3) is 0 Å². The lowest BCUT2D eigenvalue weighted by atomic mass is 10.2. The third-order valence-corrected chi connectivity index (χ3v) is 3.13. The van der Waals surface area contributed by atoms with Gasteiger partial charge in [0.05, 0.1) is 0 Å². The molecule has 0 spiro atoms. The molecule has 0 unspecified atom stereocenters. The Hall–Kier alpha value is -1.87. The van der Waals surface area contributed by atoms with Crippen LogP contribution >= 0.6 is 0 Å². The molecule has 0 amide bonds. The number of anilines is 2. The van der Waals surface area contributed by atoms with Gasteiger partial charge in [-0.2, -0.15) is 0 Å². The minimum Gasteiger partial charge on any atom is -0.326 e. The largest absolute Gasteiger partial charge is 0.326 e. The van der Waals surface area contributed by atoms with E-state index in [-0.39, 0.29) is 0 Å². The van der Waals surface area contributed by atoms with E-state index in [0.717, 1.165) is 24.3 Å². The zero-order chi connectivity index (χ0) is 13.5. The van der Waals surface area contributed by atoms with E-state index in [2.05, 4.69) is 47.1 Å². The minimum absolute atomic E-state index is 0.548. The first-order valence-corrected chi connectivity index (χ1v) is 6.82. The average molecular weight is 255 g/mol. The quantitative estimate of drug-likeness (QED) is 0.859. The molecule has 0 bridgehead atoms. The molecule has 1 aromatic heterocycles. The number of hydrogen-bond acceptors (Lipinski definition) is 3. The highest BCUT2D eigenvalue weighted by molar-refractivity contribution is 5.60. The van der Waals surface area contributed by atoms with Crippen molar-refractivity contribution in [3.8, 4) is 0 Å². The SMILES string of the molecule is CCCCN(c1ccccc1)c1cc(CN)ccn1. The molecule has 100 valence electrons. The summed E-state index contributed by atoms with van der Waals surface area (Å²) in [5, 5.41) is 0. The molecule has 0 fully saturated rings. The average Bonchev–Trinajstić information content (AvgIpc) is 2.49. The lowest BCUT2D eigenvalue weighted by Gasteiger charge is -2.24. The maximum atomic E-state index is 5.71. The molecule has 0 atom stereocenters. The van der Waals surface area contributed by atoms with Gasteiger partial charge in [-0.15, -0.1) is 0 Å². The summed E-state index contributed by atoms with van der Waals surface area (Å²) in [6.45, 7) is 3.72. The van der Waals surface area contributed by atoms with E-state index in [1.165, 1.54) is 12.1 Å². The second-order valence-corrected chi connectivity index (χ2v) is 4.57. The predicted molar refractivity (Wildman–Crippen MR) is 80.5 cm³/mol. The van der Waals surface area contributed by atoms with Gasteiger partial charge in [0.2, 0.25) is 0 Å². The van der Waals surface area contributed by atoms with Crippen LogP contribution in [0, 0.1) is 0 Å². The predicted octanol–water partition coefficient (Wildman–Crippen LogP) is 3.48. The van der Waals surface area contributed by atoms with Crippen LogP contribution in [0.1, 0.15) is 25.3 Å². The van der Waals surface area contributed by atoms with Crippen LogP contribution in [0.15, 0.2) is 48.7 Å². The van der Waals surface area contributed by atoms with Crippen molar-refractivity contribution in [3.05, 3.63) is 54.2 Å². The Morgan fingerprint density at radius 1 is 1.16 bits per heavy atom. The molecule has 2 aromatic rings. The molecule has 0 aliphatic rings. The number of unbranched alkanes of at least 4 members (excludes halogenated alkanes) is 1. The van der Waals surface area contributed by atoms with Crippen LogP contribution in [0.3, 0.4) is 0 Å². The van der Waals surface area contributed by atoms with Crippen molar-refractivity contribution in [2.45, 2.75) is 26.3 Å². The molecule has 19 heavy (non-hydrogen) atoms. The number of aromatic nitrogens is 1. The molecule has 2 rings (SSSR count). The number of nitrogens with zero attached hydrogens (tertiary/aromatic N) is 2. The van der Waals surface area contributed by atoms with Crippen molar-refractivity contribution in [3.63, 3.8) is 0 Å². The molecule has 0 saturated carbocycles. The molecular formula is C16H21N3. The summed E-state index contributed by atoms with van der Waals surface area (Å²) in [6.07, 6.45) is 4.14. The van der Waals surface area contributed by atoms with Gasteiger partial charge in [0.1, 0.15) is 5.82 Å². The zero-order valence-corrected chi connectivity index (χ0v) is 11.4. The normalized spacial score (nSPS) is 10.4. The molecule has 1 heterocycles. The van der Waals surface area contributed by atoms with Crippen molar-refractivity contribution in [1.29, 1.82) is 0 Å². The third kappa shape index (κ3) is 3.55. The lowest BCUT2D eigenvalue weighted by Crippen LogP contribution is -2.19. The van der Waals surface area contributed by atoms with Gasteiger partial charge in [-0.25, -0.2) is 4.98 Å². The Morgan fingerprint density at radius 2 is 1.95 bits per heavy atom. The van der Waals surface area contributed by atoms with E-state index in [9.17, 15) is 0 Å². The van der Waals surface area contributed by atoms with Crippen molar-refractivity contribution in [2.75, 3.05) is 11.4 Å². The van der Waals surface area contributed by atoms with E-state index in [4.69, 9.17) is 5.73 Å². The third-order valence-electron chi connectivity index (χ3n) is 3.13. The molecule has 0 radical (unpaired) electrons. The highest BCUT2D eigenvalue weighted by Crippen LogP contribution is 2.24. The Morgan fingerprint density at radius 3 is 2.63 bits per heavy atom. The number of nitrogens with two attached hydrogens (primary N) is 1. The van der Waals surface area contributed by atoms with Crippen molar-refractivity contribution >= 4 is 11.5 Å². The van der Waals surface area contributed by atoms with E-state index in [0.29, 0.717) is 6.54 Å². The topological polar surface area (TPSA) is 42.1 Å². The summed E-state index contributed by atoms with van der Waals surface area (Å²) in [5.74, 6) is 0.975. The van der Waals surface area contributed by atoms with Gasteiger partial charge in [0.15, 0.2) is 0 Å². The standard InChI is InChI=1S/C16H21N3/c1-2-3-11-19(15-7-5-4-6-8-15)16-12-14(13-17)9-10-18-16/h4-10,12H,2-3,11,13,17H2,1H3. The van der Waals surface area contributed by atoms with Gasteiger partial charge < -0.3 is 10.6 Å². The smallest absolute Gasteiger partial charge is 0.133 e. The molecule has 3 nitrogen and oxygen atoms in total. The van der Waals surface area contributed by atoms with Crippen LogP contribution in [-0.2, 0) is 6.54 Å².